The number of hydrogen-bond acceptors (Lipinski definition) is 2. The van der Waals surface area contributed by atoms with Crippen molar-refractivity contribution in [1.29, 1.82) is 0 Å². The van der Waals surface area contributed by atoms with Crippen molar-refractivity contribution in [3.05, 3.63) is 54.1 Å². The van der Waals surface area contributed by atoms with Crippen LogP contribution < -0.4 is 5.32 Å². The van der Waals surface area contributed by atoms with E-state index in [-0.39, 0.29) is 0 Å². The highest BCUT2D eigenvalue weighted by Gasteiger charge is 2.09. The molecule has 2 aromatic carbocycles. The van der Waals surface area contributed by atoms with E-state index < -0.39 is 6.09 Å². The first-order valence-corrected chi connectivity index (χ1v) is 5.72. The van der Waals surface area contributed by atoms with Crippen molar-refractivity contribution < 1.29 is 9.53 Å². The summed E-state index contributed by atoms with van der Waals surface area (Å²) >= 11 is 0. The largest absolute Gasteiger partial charge is 0.453 e. The lowest BCUT2D eigenvalue weighted by Crippen LogP contribution is -2.11. The molecule has 3 nitrogen and oxygen atoms in total. The van der Waals surface area contributed by atoms with Crippen LogP contribution in [0.15, 0.2) is 48.5 Å². The monoisotopic (exact) mass is 241 g/mol. The molecule has 0 bridgehead atoms. The number of carbonyl (C=O) groups excluding carboxylic acids is 1. The van der Waals surface area contributed by atoms with Crippen LogP contribution in [0.1, 0.15) is 5.56 Å². The molecular formula is C15H15NO2. The number of hydrogen-bond donors (Lipinski definition) is 1. The summed E-state index contributed by atoms with van der Waals surface area (Å²) in [6.45, 7) is 2.05. The Morgan fingerprint density at radius 1 is 1.00 bits per heavy atom. The number of anilines is 1. The second-order valence-electron chi connectivity index (χ2n) is 3.98. The molecule has 0 spiro atoms. The second-order valence-corrected chi connectivity index (χ2v) is 3.98. The fourth-order valence-corrected chi connectivity index (χ4v) is 1.86. The topological polar surface area (TPSA) is 38.3 Å². The van der Waals surface area contributed by atoms with Crippen LogP contribution in [-0.2, 0) is 4.74 Å². The van der Waals surface area contributed by atoms with Crippen LogP contribution >= 0.6 is 0 Å². The first-order chi connectivity index (χ1) is 8.72. The van der Waals surface area contributed by atoms with Gasteiger partial charge in [-0.05, 0) is 24.1 Å². The highest BCUT2D eigenvalue weighted by atomic mass is 16.5. The van der Waals surface area contributed by atoms with Crippen LogP contribution in [-0.4, -0.2) is 13.2 Å². The zero-order valence-electron chi connectivity index (χ0n) is 10.4. The summed E-state index contributed by atoms with van der Waals surface area (Å²) in [5.74, 6) is 0. The van der Waals surface area contributed by atoms with Gasteiger partial charge in [-0.1, -0.05) is 42.5 Å². The van der Waals surface area contributed by atoms with Gasteiger partial charge in [-0.2, -0.15) is 0 Å². The number of benzene rings is 2. The summed E-state index contributed by atoms with van der Waals surface area (Å²) in [5.41, 5.74) is 4.00. The highest BCUT2D eigenvalue weighted by Crippen LogP contribution is 2.30. The lowest BCUT2D eigenvalue weighted by atomic mass is 9.99. The van der Waals surface area contributed by atoms with E-state index in [0.29, 0.717) is 0 Å². The maximum atomic E-state index is 11.3. The lowest BCUT2D eigenvalue weighted by Gasteiger charge is -2.12. The van der Waals surface area contributed by atoms with Gasteiger partial charge in [0.05, 0.1) is 12.8 Å². The zero-order valence-corrected chi connectivity index (χ0v) is 10.4. The number of aryl methyl sites for hydroxylation is 1. The molecule has 0 aliphatic carbocycles. The zero-order chi connectivity index (χ0) is 13.0. The Balaban J connectivity index is 2.45. The fourth-order valence-electron chi connectivity index (χ4n) is 1.86. The van der Waals surface area contributed by atoms with Crippen molar-refractivity contribution >= 4 is 11.8 Å². The Bertz CT molecular complexity index is 564. The van der Waals surface area contributed by atoms with Gasteiger partial charge >= 0.3 is 6.09 Å². The minimum atomic E-state index is -0.462. The molecule has 2 rings (SSSR count). The van der Waals surface area contributed by atoms with Gasteiger partial charge in [-0.25, -0.2) is 4.79 Å². The standard InChI is InChI=1S/C15H15NO2/c1-11-7-3-4-8-12(11)13-9-5-6-10-14(13)16-15(17)18-2/h3-10H,1-2H3,(H,16,17). The van der Waals surface area contributed by atoms with E-state index >= 15 is 0 Å². The van der Waals surface area contributed by atoms with Crippen molar-refractivity contribution in [1.82, 2.24) is 0 Å². The molecule has 0 aromatic heterocycles. The molecule has 0 saturated heterocycles. The van der Waals surface area contributed by atoms with Gasteiger partial charge in [-0.15, -0.1) is 0 Å². The van der Waals surface area contributed by atoms with Crippen molar-refractivity contribution in [3.63, 3.8) is 0 Å². The van der Waals surface area contributed by atoms with Crippen LogP contribution in [0.4, 0.5) is 10.5 Å². The summed E-state index contributed by atoms with van der Waals surface area (Å²) in [6, 6.07) is 15.7. The lowest BCUT2D eigenvalue weighted by molar-refractivity contribution is 0.187. The molecule has 0 unspecified atom stereocenters. The number of ether oxygens (including phenoxy) is 1. The average Bonchev–Trinajstić information content (AvgIpc) is 2.40. The maximum absolute atomic E-state index is 11.3. The molecular weight excluding hydrogens is 226 g/mol. The number of nitrogens with one attached hydrogen (secondary N) is 1. The summed E-state index contributed by atoms with van der Waals surface area (Å²) in [7, 11) is 1.35. The molecule has 92 valence electrons. The second kappa shape index (κ2) is 5.36. The van der Waals surface area contributed by atoms with E-state index in [1.807, 2.05) is 55.5 Å². The Labute approximate surface area is 106 Å². The number of methoxy groups -OCH3 is 1. The van der Waals surface area contributed by atoms with Crippen molar-refractivity contribution in [2.24, 2.45) is 0 Å². The summed E-state index contributed by atoms with van der Waals surface area (Å²) in [6.07, 6.45) is -0.462. The highest BCUT2D eigenvalue weighted by molar-refractivity contribution is 5.91. The number of rotatable bonds is 2. The third-order valence-corrected chi connectivity index (χ3v) is 2.78. The maximum Gasteiger partial charge on any atom is 0.411 e. The van der Waals surface area contributed by atoms with Crippen LogP contribution in [0.3, 0.4) is 0 Å². The molecule has 0 atom stereocenters. The number of para-hydroxylation sites is 1. The molecule has 2 aromatic rings. The smallest absolute Gasteiger partial charge is 0.411 e. The van der Waals surface area contributed by atoms with E-state index in [0.717, 1.165) is 22.4 Å². The molecule has 0 fully saturated rings. The fraction of sp³-hybridized carbons (Fsp3) is 0.133. The van der Waals surface area contributed by atoms with E-state index in [4.69, 9.17) is 0 Å². The van der Waals surface area contributed by atoms with Gasteiger partial charge < -0.3 is 4.74 Å². The van der Waals surface area contributed by atoms with Gasteiger partial charge in [0, 0.05) is 5.56 Å². The van der Waals surface area contributed by atoms with E-state index in [9.17, 15) is 4.79 Å². The molecule has 0 radical (unpaired) electrons. The average molecular weight is 241 g/mol. The molecule has 1 N–H and O–H groups in total. The Kier molecular flexibility index (Phi) is 3.63. The van der Waals surface area contributed by atoms with Gasteiger partial charge in [0.15, 0.2) is 0 Å². The first-order valence-electron chi connectivity index (χ1n) is 5.72. The minimum Gasteiger partial charge on any atom is -0.453 e. The predicted molar refractivity (Wildman–Crippen MR) is 72.6 cm³/mol. The van der Waals surface area contributed by atoms with Crippen molar-refractivity contribution in [3.8, 4) is 11.1 Å². The van der Waals surface area contributed by atoms with Crippen LogP contribution in [0.5, 0.6) is 0 Å². The minimum absolute atomic E-state index is 0.462. The van der Waals surface area contributed by atoms with E-state index in [2.05, 4.69) is 10.1 Å². The molecule has 18 heavy (non-hydrogen) atoms. The molecule has 0 heterocycles. The van der Waals surface area contributed by atoms with Gasteiger partial charge in [0.1, 0.15) is 0 Å². The molecule has 0 saturated carbocycles. The molecule has 0 aliphatic heterocycles. The van der Waals surface area contributed by atoms with Crippen LogP contribution in [0.25, 0.3) is 11.1 Å². The number of carbonyl (C=O) groups is 1. The third kappa shape index (κ3) is 2.51. The molecule has 1 amide bonds. The van der Waals surface area contributed by atoms with E-state index in [1.165, 1.54) is 7.11 Å². The summed E-state index contributed by atoms with van der Waals surface area (Å²) in [5, 5.41) is 2.72. The van der Waals surface area contributed by atoms with Gasteiger partial charge in [0.25, 0.3) is 0 Å². The Hall–Kier alpha value is -2.29. The summed E-state index contributed by atoms with van der Waals surface area (Å²) < 4.78 is 4.63. The quantitative estimate of drug-likeness (QED) is 0.867. The van der Waals surface area contributed by atoms with Crippen LogP contribution in [0.2, 0.25) is 0 Å². The van der Waals surface area contributed by atoms with E-state index in [1.54, 1.807) is 0 Å². The normalized spacial score (nSPS) is 9.89. The van der Waals surface area contributed by atoms with Crippen LogP contribution in [0, 0.1) is 6.92 Å². The predicted octanol–water partition coefficient (Wildman–Crippen LogP) is 3.84. The molecule has 3 heteroatoms. The SMILES string of the molecule is COC(=O)Nc1ccccc1-c1ccccc1C. The van der Waals surface area contributed by atoms with Gasteiger partial charge in [-0.3, -0.25) is 5.32 Å². The molecule has 0 aliphatic rings. The summed E-state index contributed by atoms with van der Waals surface area (Å²) in [4.78, 5) is 11.3. The first kappa shape index (κ1) is 12.2. The van der Waals surface area contributed by atoms with Gasteiger partial charge in [0.2, 0.25) is 0 Å². The Morgan fingerprint density at radius 3 is 2.28 bits per heavy atom. The Morgan fingerprint density at radius 2 is 1.61 bits per heavy atom. The van der Waals surface area contributed by atoms with Crippen molar-refractivity contribution in [2.75, 3.05) is 12.4 Å². The third-order valence-electron chi connectivity index (χ3n) is 2.78. The number of amides is 1. The van der Waals surface area contributed by atoms with Crippen molar-refractivity contribution in [2.45, 2.75) is 6.92 Å².